The average Bonchev–Trinajstić information content (AvgIpc) is 2.47. The van der Waals surface area contributed by atoms with Gasteiger partial charge in [-0.05, 0) is 17.5 Å². The molecule has 0 bridgehead atoms. The Morgan fingerprint density at radius 1 is 1.00 bits per heavy atom. The van der Waals surface area contributed by atoms with Gasteiger partial charge < -0.3 is 10.5 Å². The van der Waals surface area contributed by atoms with Crippen LogP contribution in [0.5, 0.6) is 5.75 Å². The second-order valence-electron chi connectivity index (χ2n) is 4.38. The minimum atomic E-state index is 0.481. The first-order valence-corrected chi connectivity index (χ1v) is 6.43. The lowest BCUT2D eigenvalue weighted by Gasteiger charge is -2.14. The van der Waals surface area contributed by atoms with E-state index >= 15 is 0 Å². The Hall–Kier alpha value is -2.06. The standard InChI is InChI=1S/C17H19NO/c1-2-7-15-10-6-11-16(12-18)17(15)19-13-14-8-4-3-5-9-14/h2-6,8-11H,1,7,12-13,18H2. The maximum atomic E-state index is 5.97. The summed E-state index contributed by atoms with van der Waals surface area (Å²) in [4.78, 5) is 0. The fourth-order valence-corrected chi connectivity index (χ4v) is 2.03. The van der Waals surface area contributed by atoms with Crippen LogP contribution in [-0.2, 0) is 19.6 Å². The van der Waals surface area contributed by atoms with Gasteiger partial charge >= 0.3 is 0 Å². The van der Waals surface area contributed by atoms with Crippen molar-refractivity contribution in [2.24, 2.45) is 5.73 Å². The molecule has 2 N–H and O–H groups in total. The molecule has 0 fully saturated rings. The van der Waals surface area contributed by atoms with E-state index in [-0.39, 0.29) is 0 Å². The lowest BCUT2D eigenvalue weighted by Crippen LogP contribution is -2.05. The molecule has 0 heterocycles. The fraction of sp³-hybridized carbons (Fsp3) is 0.176. The zero-order valence-corrected chi connectivity index (χ0v) is 11.0. The van der Waals surface area contributed by atoms with E-state index in [1.807, 2.05) is 36.4 Å². The highest BCUT2D eigenvalue weighted by molar-refractivity contribution is 5.42. The van der Waals surface area contributed by atoms with Crippen molar-refractivity contribution in [3.05, 3.63) is 77.9 Å². The van der Waals surface area contributed by atoms with Gasteiger partial charge in [0, 0.05) is 12.1 Å². The first kappa shape index (κ1) is 13.4. The molecule has 0 amide bonds. The molecule has 0 aliphatic carbocycles. The van der Waals surface area contributed by atoms with E-state index in [2.05, 4.69) is 24.8 Å². The van der Waals surface area contributed by atoms with Crippen LogP contribution in [-0.4, -0.2) is 0 Å². The first-order chi connectivity index (χ1) is 9.35. The van der Waals surface area contributed by atoms with Crippen LogP contribution in [0.15, 0.2) is 61.2 Å². The van der Waals surface area contributed by atoms with Gasteiger partial charge in [-0.1, -0.05) is 54.6 Å². The quantitative estimate of drug-likeness (QED) is 0.800. The van der Waals surface area contributed by atoms with Crippen molar-refractivity contribution >= 4 is 0 Å². The smallest absolute Gasteiger partial charge is 0.127 e. The topological polar surface area (TPSA) is 35.2 Å². The molecule has 0 spiro atoms. The normalized spacial score (nSPS) is 10.2. The summed E-state index contributed by atoms with van der Waals surface area (Å²) in [5.74, 6) is 0.897. The minimum Gasteiger partial charge on any atom is -0.488 e. The Morgan fingerprint density at radius 3 is 2.42 bits per heavy atom. The van der Waals surface area contributed by atoms with E-state index in [0.717, 1.165) is 28.9 Å². The number of hydrogen-bond donors (Lipinski definition) is 1. The zero-order valence-electron chi connectivity index (χ0n) is 11.0. The van der Waals surface area contributed by atoms with Crippen molar-refractivity contribution in [2.45, 2.75) is 19.6 Å². The molecule has 0 unspecified atom stereocenters. The van der Waals surface area contributed by atoms with Gasteiger partial charge in [-0.3, -0.25) is 0 Å². The van der Waals surface area contributed by atoms with E-state index in [1.54, 1.807) is 0 Å². The largest absolute Gasteiger partial charge is 0.488 e. The van der Waals surface area contributed by atoms with Gasteiger partial charge in [0.2, 0.25) is 0 Å². The molecule has 2 heteroatoms. The molecule has 0 aromatic heterocycles. The van der Waals surface area contributed by atoms with Crippen molar-refractivity contribution in [3.63, 3.8) is 0 Å². The Labute approximate surface area is 114 Å². The van der Waals surface area contributed by atoms with Gasteiger partial charge in [-0.25, -0.2) is 0 Å². The Balaban J connectivity index is 2.20. The Kier molecular flexibility index (Phi) is 4.76. The van der Waals surface area contributed by atoms with E-state index in [0.29, 0.717) is 13.2 Å². The first-order valence-electron chi connectivity index (χ1n) is 6.43. The van der Waals surface area contributed by atoms with Gasteiger partial charge in [0.05, 0.1) is 0 Å². The Bertz CT molecular complexity index is 534. The third-order valence-corrected chi connectivity index (χ3v) is 2.99. The molecule has 2 rings (SSSR count). The van der Waals surface area contributed by atoms with Crippen molar-refractivity contribution in [3.8, 4) is 5.75 Å². The van der Waals surface area contributed by atoms with Gasteiger partial charge in [0.25, 0.3) is 0 Å². The molecule has 2 aromatic rings. The maximum absolute atomic E-state index is 5.97. The molecule has 0 radical (unpaired) electrons. The molecule has 0 aliphatic rings. The highest BCUT2D eigenvalue weighted by Crippen LogP contribution is 2.25. The number of para-hydroxylation sites is 1. The summed E-state index contributed by atoms with van der Waals surface area (Å²) < 4.78 is 5.97. The monoisotopic (exact) mass is 253 g/mol. The predicted molar refractivity (Wildman–Crippen MR) is 79.0 cm³/mol. The molecule has 2 nitrogen and oxygen atoms in total. The molecule has 0 saturated carbocycles. The zero-order chi connectivity index (χ0) is 13.5. The second kappa shape index (κ2) is 6.76. The number of benzene rings is 2. The van der Waals surface area contributed by atoms with Gasteiger partial charge in [0.1, 0.15) is 12.4 Å². The summed E-state index contributed by atoms with van der Waals surface area (Å²) in [6, 6.07) is 16.2. The molecule has 0 saturated heterocycles. The van der Waals surface area contributed by atoms with Crippen LogP contribution in [0.25, 0.3) is 0 Å². The van der Waals surface area contributed by atoms with Crippen LogP contribution < -0.4 is 10.5 Å². The number of rotatable bonds is 6. The third-order valence-electron chi connectivity index (χ3n) is 2.99. The van der Waals surface area contributed by atoms with Gasteiger partial charge in [-0.2, -0.15) is 0 Å². The molecule has 0 aliphatic heterocycles. The summed E-state index contributed by atoms with van der Waals surface area (Å²) in [6.45, 7) is 4.82. The fourth-order valence-electron chi connectivity index (χ4n) is 2.03. The van der Waals surface area contributed by atoms with Crippen LogP contribution >= 0.6 is 0 Å². The summed E-state index contributed by atoms with van der Waals surface area (Å²) in [5.41, 5.74) is 9.10. The van der Waals surface area contributed by atoms with E-state index in [4.69, 9.17) is 10.5 Å². The second-order valence-corrected chi connectivity index (χ2v) is 4.38. The molecular weight excluding hydrogens is 234 g/mol. The summed E-state index contributed by atoms with van der Waals surface area (Å²) in [5, 5.41) is 0. The number of ether oxygens (including phenoxy) is 1. The third kappa shape index (κ3) is 3.46. The lowest BCUT2D eigenvalue weighted by molar-refractivity contribution is 0.300. The van der Waals surface area contributed by atoms with Crippen LogP contribution in [0, 0.1) is 0 Å². The van der Waals surface area contributed by atoms with Crippen LogP contribution in [0.2, 0.25) is 0 Å². The van der Waals surface area contributed by atoms with Crippen molar-refractivity contribution in [2.75, 3.05) is 0 Å². The van der Waals surface area contributed by atoms with Crippen LogP contribution in [0.1, 0.15) is 16.7 Å². The predicted octanol–water partition coefficient (Wildman–Crippen LogP) is 3.45. The van der Waals surface area contributed by atoms with Gasteiger partial charge in [-0.15, -0.1) is 6.58 Å². The van der Waals surface area contributed by atoms with E-state index < -0.39 is 0 Å². The number of nitrogens with two attached hydrogens (primary N) is 1. The number of allylic oxidation sites excluding steroid dienone is 1. The minimum absolute atomic E-state index is 0.481. The SMILES string of the molecule is C=CCc1cccc(CN)c1OCc1ccccc1. The highest BCUT2D eigenvalue weighted by atomic mass is 16.5. The van der Waals surface area contributed by atoms with Crippen LogP contribution in [0.4, 0.5) is 0 Å². The van der Waals surface area contributed by atoms with Crippen molar-refractivity contribution in [1.82, 2.24) is 0 Å². The number of hydrogen-bond acceptors (Lipinski definition) is 2. The molecule has 0 atom stereocenters. The maximum Gasteiger partial charge on any atom is 0.127 e. The molecule has 2 aromatic carbocycles. The van der Waals surface area contributed by atoms with Crippen molar-refractivity contribution < 1.29 is 4.74 Å². The summed E-state index contributed by atoms with van der Waals surface area (Å²) in [7, 11) is 0. The van der Waals surface area contributed by atoms with Crippen LogP contribution in [0.3, 0.4) is 0 Å². The average molecular weight is 253 g/mol. The van der Waals surface area contributed by atoms with Crippen molar-refractivity contribution in [1.29, 1.82) is 0 Å². The summed E-state index contributed by atoms with van der Waals surface area (Å²) >= 11 is 0. The summed E-state index contributed by atoms with van der Waals surface area (Å²) in [6.07, 6.45) is 2.67. The van der Waals surface area contributed by atoms with E-state index in [1.165, 1.54) is 0 Å². The Morgan fingerprint density at radius 2 is 1.74 bits per heavy atom. The molecule has 98 valence electrons. The van der Waals surface area contributed by atoms with Gasteiger partial charge in [0.15, 0.2) is 0 Å². The molecule has 19 heavy (non-hydrogen) atoms. The molecular formula is C17H19NO. The lowest BCUT2D eigenvalue weighted by atomic mass is 10.1. The van der Waals surface area contributed by atoms with E-state index in [9.17, 15) is 0 Å². The highest BCUT2D eigenvalue weighted by Gasteiger charge is 2.08.